The van der Waals surface area contributed by atoms with E-state index in [0.29, 0.717) is 10.7 Å². The molecule has 0 fully saturated rings. The summed E-state index contributed by atoms with van der Waals surface area (Å²) in [5.41, 5.74) is -1.66. The lowest BCUT2D eigenvalue weighted by atomic mass is 9.85. The van der Waals surface area contributed by atoms with Crippen molar-refractivity contribution in [3.05, 3.63) is 40.6 Å². The van der Waals surface area contributed by atoms with E-state index in [1.165, 1.54) is 19.9 Å². The molecule has 0 saturated carbocycles. The van der Waals surface area contributed by atoms with Gasteiger partial charge in [0, 0.05) is 5.02 Å². The van der Waals surface area contributed by atoms with Crippen LogP contribution in [0.2, 0.25) is 5.02 Å². The molecule has 1 heterocycles. The fraction of sp³-hybridized carbons (Fsp3) is 0.267. The highest BCUT2D eigenvalue weighted by atomic mass is 35.5. The third kappa shape index (κ3) is 2.35. The number of methoxy groups -OCH3 is 1. The Morgan fingerprint density at radius 1 is 1.32 bits per heavy atom. The second kappa shape index (κ2) is 5.46. The van der Waals surface area contributed by atoms with Gasteiger partial charge in [-0.25, -0.2) is 9.59 Å². The predicted octanol–water partition coefficient (Wildman–Crippen LogP) is 2.22. The number of anilines is 1. The van der Waals surface area contributed by atoms with Gasteiger partial charge in [0.25, 0.3) is 0 Å². The third-order valence-electron chi connectivity index (χ3n) is 3.48. The summed E-state index contributed by atoms with van der Waals surface area (Å²) in [6.45, 7) is 2.90. The fourth-order valence-electron chi connectivity index (χ4n) is 2.42. The lowest BCUT2D eigenvalue weighted by molar-refractivity contribution is -0.138. The van der Waals surface area contributed by atoms with Gasteiger partial charge in [0.05, 0.1) is 23.8 Å². The summed E-state index contributed by atoms with van der Waals surface area (Å²) in [6.07, 6.45) is 0. The van der Waals surface area contributed by atoms with Crippen molar-refractivity contribution in [2.24, 2.45) is 5.41 Å². The zero-order valence-corrected chi connectivity index (χ0v) is 13.0. The van der Waals surface area contributed by atoms with Crippen LogP contribution in [0.5, 0.6) is 0 Å². The van der Waals surface area contributed by atoms with Crippen molar-refractivity contribution in [3.63, 3.8) is 0 Å². The number of hydrogen-bond donors (Lipinski definition) is 1. The van der Waals surface area contributed by atoms with Gasteiger partial charge in [-0.3, -0.25) is 9.69 Å². The molecule has 0 spiro atoms. The van der Waals surface area contributed by atoms with Gasteiger partial charge in [0.2, 0.25) is 5.91 Å². The largest absolute Gasteiger partial charge is 0.478 e. The molecule has 116 valence electrons. The highest BCUT2D eigenvalue weighted by Gasteiger charge is 2.52. The Labute approximate surface area is 131 Å². The number of carboxylic acids is 1. The second-order valence-electron chi connectivity index (χ2n) is 5.27. The molecule has 0 atom stereocenters. The number of ether oxygens (including phenoxy) is 1. The van der Waals surface area contributed by atoms with Gasteiger partial charge in [-0.1, -0.05) is 17.7 Å². The van der Waals surface area contributed by atoms with E-state index < -0.39 is 23.3 Å². The van der Waals surface area contributed by atoms with Crippen molar-refractivity contribution in [1.82, 2.24) is 0 Å². The van der Waals surface area contributed by atoms with Gasteiger partial charge < -0.3 is 9.84 Å². The highest BCUT2D eigenvalue weighted by Crippen LogP contribution is 2.43. The number of carbonyl (C=O) groups is 3. The number of aliphatic carboxylic acids is 1. The molecular weight excluding hydrogens is 310 g/mol. The van der Waals surface area contributed by atoms with Crippen molar-refractivity contribution < 1.29 is 24.2 Å². The van der Waals surface area contributed by atoms with E-state index in [-0.39, 0.29) is 11.3 Å². The molecular formula is C15H14ClNO5. The van der Waals surface area contributed by atoms with E-state index in [9.17, 15) is 19.5 Å². The highest BCUT2D eigenvalue weighted by molar-refractivity contribution is 6.31. The summed E-state index contributed by atoms with van der Waals surface area (Å²) in [5.74, 6) is -2.77. The maximum atomic E-state index is 12.7. The molecule has 1 N–H and O–H groups in total. The molecule has 1 amide bonds. The Morgan fingerprint density at radius 3 is 2.45 bits per heavy atom. The summed E-state index contributed by atoms with van der Waals surface area (Å²) < 4.78 is 4.65. The molecule has 0 saturated heterocycles. The third-order valence-corrected chi connectivity index (χ3v) is 3.72. The monoisotopic (exact) mass is 323 g/mol. The summed E-state index contributed by atoms with van der Waals surface area (Å²) in [6, 6.07) is 6.25. The van der Waals surface area contributed by atoms with Crippen LogP contribution in [0.3, 0.4) is 0 Å². The van der Waals surface area contributed by atoms with E-state index in [1.54, 1.807) is 18.2 Å². The molecule has 0 unspecified atom stereocenters. The van der Waals surface area contributed by atoms with E-state index in [0.717, 1.165) is 12.0 Å². The van der Waals surface area contributed by atoms with Crippen LogP contribution < -0.4 is 4.90 Å². The summed E-state index contributed by atoms with van der Waals surface area (Å²) in [4.78, 5) is 37.3. The Balaban J connectivity index is 2.74. The summed E-state index contributed by atoms with van der Waals surface area (Å²) >= 11 is 5.92. The SMILES string of the molecule is COC(=O)C1=C(C(=O)O)C(C)(C)C(=O)N1c1cccc(Cl)c1. The summed E-state index contributed by atoms with van der Waals surface area (Å²) in [7, 11) is 1.13. The van der Waals surface area contributed by atoms with E-state index in [4.69, 9.17) is 11.6 Å². The quantitative estimate of drug-likeness (QED) is 0.862. The number of hydrogen-bond acceptors (Lipinski definition) is 4. The Hall–Kier alpha value is -2.34. The minimum atomic E-state index is -1.36. The van der Waals surface area contributed by atoms with E-state index in [1.807, 2.05) is 0 Å². The second-order valence-corrected chi connectivity index (χ2v) is 5.70. The standard InChI is InChI=1S/C15H14ClNO5/c1-15(2)10(12(18)19)11(13(20)22-3)17(14(15)21)9-6-4-5-8(16)7-9/h4-7H,1-3H3,(H,18,19). The van der Waals surface area contributed by atoms with Crippen molar-refractivity contribution in [1.29, 1.82) is 0 Å². The minimum Gasteiger partial charge on any atom is -0.478 e. The normalized spacial score (nSPS) is 16.9. The number of benzene rings is 1. The van der Waals surface area contributed by atoms with Gasteiger partial charge in [0.1, 0.15) is 5.70 Å². The number of nitrogens with zero attached hydrogens (tertiary/aromatic N) is 1. The molecule has 0 aliphatic carbocycles. The van der Waals surface area contributed by atoms with Crippen LogP contribution >= 0.6 is 11.6 Å². The molecule has 1 aliphatic heterocycles. The maximum absolute atomic E-state index is 12.7. The van der Waals surface area contributed by atoms with Crippen LogP contribution in [0.15, 0.2) is 35.5 Å². The van der Waals surface area contributed by atoms with Crippen LogP contribution in [0.4, 0.5) is 5.69 Å². The Kier molecular flexibility index (Phi) is 3.98. The zero-order chi connectivity index (χ0) is 16.7. The number of rotatable bonds is 3. The Bertz CT molecular complexity index is 708. The zero-order valence-electron chi connectivity index (χ0n) is 12.2. The number of halogens is 1. The number of amides is 1. The molecule has 22 heavy (non-hydrogen) atoms. The topological polar surface area (TPSA) is 83.9 Å². The molecule has 2 rings (SSSR count). The molecule has 7 heteroatoms. The Morgan fingerprint density at radius 2 is 1.95 bits per heavy atom. The minimum absolute atomic E-state index is 0.299. The van der Waals surface area contributed by atoms with Crippen LogP contribution in [0.25, 0.3) is 0 Å². The first-order valence-electron chi connectivity index (χ1n) is 6.38. The van der Waals surface area contributed by atoms with Crippen molar-refractivity contribution in [3.8, 4) is 0 Å². The first-order chi connectivity index (χ1) is 10.2. The fourth-order valence-corrected chi connectivity index (χ4v) is 2.60. The van der Waals surface area contributed by atoms with Crippen LogP contribution in [-0.2, 0) is 19.1 Å². The average molecular weight is 324 g/mol. The molecule has 1 aromatic carbocycles. The van der Waals surface area contributed by atoms with Crippen LogP contribution in [0, 0.1) is 5.41 Å². The molecule has 1 aliphatic rings. The lowest BCUT2D eigenvalue weighted by Crippen LogP contribution is -2.35. The molecule has 1 aromatic rings. The number of esters is 1. The van der Waals surface area contributed by atoms with Gasteiger partial charge in [-0.2, -0.15) is 0 Å². The first-order valence-corrected chi connectivity index (χ1v) is 6.76. The van der Waals surface area contributed by atoms with E-state index >= 15 is 0 Å². The smallest absolute Gasteiger partial charge is 0.355 e. The molecule has 6 nitrogen and oxygen atoms in total. The first kappa shape index (κ1) is 16.0. The van der Waals surface area contributed by atoms with E-state index in [2.05, 4.69) is 4.74 Å². The van der Waals surface area contributed by atoms with Crippen molar-refractivity contribution in [2.75, 3.05) is 12.0 Å². The van der Waals surface area contributed by atoms with Gasteiger partial charge in [0.15, 0.2) is 0 Å². The van der Waals surface area contributed by atoms with Gasteiger partial charge in [-0.15, -0.1) is 0 Å². The molecule has 0 bridgehead atoms. The van der Waals surface area contributed by atoms with Crippen molar-refractivity contribution in [2.45, 2.75) is 13.8 Å². The van der Waals surface area contributed by atoms with Gasteiger partial charge >= 0.3 is 11.9 Å². The maximum Gasteiger partial charge on any atom is 0.355 e. The molecule has 0 radical (unpaired) electrons. The number of carbonyl (C=O) groups excluding carboxylic acids is 2. The van der Waals surface area contributed by atoms with Gasteiger partial charge in [-0.05, 0) is 32.0 Å². The predicted molar refractivity (Wildman–Crippen MR) is 79.4 cm³/mol. The van der Waals surface area contributed by atoms with Crippen LogP contribution in [0.1, 0.15) is 13.8 Å². The summed E-state index contributed by atoms with van der Waals surface area (Å²) in [5, 5.41) is 9.79. The number of carboxylic acid groups (broad SMARTS) is 1. The average Bonchev–Trinajstić information content (AvgIpc) is 2.65. The lowest BCUT2D eigenvalue weighted by Gasteiger charge is -2.22. The van der Waals surface area contributed by atoms with Crippen molar-refractivity contribution >= 4 is 35.1 Å². The van der Waals surface area contributed by atoms with Crippen LogP contribution in [-0.4, -0.2) is 30.1 Å². The molecule has 0 aromatic heterocycles.